The summed E-state index contributed by atoms with van der Waals surface area (Å²) in [5.41, 5.74) is 1.14. The predicted molar refractivity (Wildman–Crippen MR) is 61.0 cm³/mol. The van der Waals surface area contributed by atoms with Gasteiger partial charge in [0.15, 0.2) is 0 Å². The summed E-state index contributed by atoms with van der Waals surface area (Å²) in [5, 5.41) is 0.753. The van der Waals surface area contributed by atoms with Crippen LogP contribution in [-0.4, -0.2) is 12.5 Å². The normalized spacial score (nSPS) is 12.8. The van der Waals surface area contributed by atoms with Crippen LogP contribution in [0.4, 0.5) is 0 Å². The molecule has 0 heterocycles. The predicted octanol–water partition coefficient (Wildman–Crippen LogP) is 3.73. The summed E-state index contributed by atoms with van der Waals surface area (Å²) in [6.45, 7) is 3.39. The molecule has 0 saturated heterocycles. The minimum Gasteiger partial charge on any atom is -0.376 e. The van der Waals surface area contributed by atoms with E-state index in [2.05, 4.69) is 6.92 Å². The third-order valence-corrected chi connectivity index (χ3v) is 2.63. The lowest BCUT2D eigenvalue weighted by molar-refractivity contribution is 0.0979. The second-order valence-electron chi connectivity index (χ2n) is 3.40. The molecule has 0 aliphatic rings. The maximum atomic E-state index is 5.76. The lowest BCUT2D eigenvalue weighted by atomic mass is 10.2. The van der Waals surface area contributed by atoms with E-state index >= 15 is 0 Å². The minimum absolute atomic E-state index is 0.406. The second-order valence-corrected chi connectivity index (χ2v) is 4.15. The summed E-state index contributed by atoms with van der Waals surface area (Å²) in [7, 11) is 0. The van der Waals surface area contributed by atoms with Gasteiger partial charge in [-0.1, -0.05) is 30.7 Å². The molecule has 0 bridgehead atoms. The number of rotatable bonds is 5. The summed E-state index contributed by atoms with van der Waals surface area (Å²) in [5.74, 6) is 1.05. The van der Waals surface area contributed by atoms with Crippen molar-refractivity contribution in [2.24, 2.45) is 5.92 Å². The van der Waals surface area contributed by atoms with Gasteiger partial charge in [0.1, 0.15) is 0 Å². The molecule has 0 spiro atoms. The maximum Gasteiger partial charge on any atom is 0.0717 e. The van der Waals surface area contributed by atoms with E-state index in [-0.39, 0.29) is 0 Å². The molecule has 1 rings (SSSR count). The van der Waals surface area contributed by atoms with Gasteiger partial charge in [0.2, 0.25) is 0 Å². The molecule has 78 valence electrons. The highest BCUT2D eigenvalue weighted by Crippen LogP contribution is 2.10. The number of hydrogen-bond donors (Lipinski definition) is 0. The Hall–Kier alpha value is -0.240. The lowest BCUT2D eigenvalue weighted by Gasteiger charge is -2.08. The fraction of sp³-hybridized carbons (Fsp3) is 0.455. The van der Waals surface area contributed by atoms with Crippen molar-refractivity contribution >= 4 is 23.2 Å². The zero-order chi connectivity index (χ0) is 10.4. The Kier molecular flexibility index (Phi) is 5.31. The highest BCUT2D eigenvalue weighted by Gasteiger charge is 2.00. The van der Waals surface area contributed by atoms with E-state index in [0.29, 0.717) is 25.0 Å². The summed E-state index contributed by atoms with van der Waals surface area (Å²) in [6, 6.07) is 7.66. The van der Waals surface area contributed by atoms with Crippen LogP contribution in [0.3, 0.4) is 0 Å². The molecule has 1 aromatic carbocycles. The second kappa shape index (κ2) is 6.28. The number of benzene rings is 1. The van der Waals surface area contributed by atoms with Gasteiger partial charge in [-0.3, -0.25) is 0 Å². The Morgan fingerprint density at radius 2 is 1.93 bits per heavy atom. The molecular formula is C11H14Cl2O. The molecular weight excluding hydrogens is 219 g/mol. The third-order valence-electron chi connectivity index (χ3n) is 1.85. The van der Waals surface area contributed by atoms with Crippen molar-refractivity contribution in [1.82, 2.24) is 0 Å². The molecule has 14 heavy (non-hydrogen) atoms. The van der Waals surface area contributed by atoms with Crippen LogP contribution in [0, 0.1) is 5.92 Å². The van der Waals surface area contributed by atoms with E-state index in [4.69, 9.17) is 27.9 Å². The van der Waals surface area contributed by atoms with Crippen LogP contribution in [0.25, 0.3) is 0 Å². The van der Waals surface area contributed by atoms with Crippen molar-refractivity contribution in [3.05, 3.63) is 34.9 Å². The van der Waals surface area contributed by atoms with Crippen molar-refractivity contribution < 1.29 is 4.74 Å². The molecule has 1 unspecified atom stereocenters. The molecule has 0 saturated carbocycles. The van der Waals surface area contributed by atoms with Gasteiger partial charge in [0.25, 0.3) is 0 Å². The average molecular weight is 233 g/mol. The first-order chi connectivity index (χ1) is 6.72. The van der Waals surface area contributed by atoms with Gasteiger partial charge in [-0.25, -0.2) is 0 Å². The Bertz CT molecular complexity index is 258. The lowest BCUT2D eigenvalue weighted by Crippen LogP contribution is -2.06. The van der Waals surface area contributed by atoms with Gasteiger partial charge in [-0.15, -0.1) is 11.6 Å². The number of ether oxygens (including phenoxy) is 1. The first-order valence-corrected chi connectivity index (χ1v) is 5.51. The van der Waals surface area contributed by atoms with Crippen molar-refractivity contribution in [2.45, 2.75) is 13.5 Å². The van der Waals surface area contributed by atoms with Crippen LogP contribution in [-0.2, 0) is 11.3 Å². The van der Waals surface area contributed by atoms with E-state index < -0.39 is 0 Å². The Morgan fingerprint density at radius 1 is 1.29 bits per heavy atom. The molecule has 0 radical (unpaired) electrons. The van der Waals surface area contributed by atoms with Crippen LogP contribution in [0.15, 0.2) is 24.3 Å². The van der Waals surface area contributed by atoms with Gasteiger partial charge in [0, 0.05) is 10.9 Å². The molecule has 0 amide bonds. The van der Waals surface area contributed by atoms with E-state index in [1.165, 1.54) is 0 Å². The van der Waals surface area contributed by atoms with Crippen molar-refractivity contribution in [3.8, 4) is 0 Å². The first kappa shape index (κ1) is 11.8. The third kappa shape index (κ3) is 4.32. The fourth-order valence-corrected chi connectivity index (χ4v) is 1.22. The first-order valence-electron chi connectivity index (χ1n) is 4.60. The Morgan fingerprint density at radius 3 is 2.50 bits per heavy atom. The summed E-state index contributed by atoms with van der Waals surface area (Å²) in [6.07, 6.45) is 0. The van der Waals surface area contributed by atoms with Crippen LogP contribution < -0.4 is 0 Å². The molecule has 1 atom stereocenters. The van der Waals surface area contributed by atoms with E-state index in [1.807, 2.05) is 24.3 Å². The number of alkyl halides is 1. The van der Waals surface area contributed by atoms with Crippen LogP contribution in [0.1, 0.15) is 12.5 Å². The van der Waals surface area contributed by atoms with Crippen LogP contribution in [0.2, 0.25) is 5.02 Å². The largest absolute Gasteiger partial charge is 0.376 e. The minimum atomic E-state index is 0.406. The molecule has 0 fully saturated rings. The number of halogens is 2. The quantitative estimate of drug-likeness (QED) is 0.704. The van der Waals surface area contributed by atoms with Crippen molar-refractivity contribution in [1.29, 1.82) is 0 Å². The van der Waals surface area contributed by atoms with Gasteiger partial charge < -0.3 is 4.74 Å². The highest BCUT2D eigenvalue weighted by molar-refractivity contribution is 6.30. The smallest absolute Gasteiger partial charge is 0.0717 e. The SMILES string of the molecule is CC(CCl)COCc1ccc(Cl)cc1. The number of hydrogen-bond acceptors (Lipinski definition) is 1. The molecule has 3 heteroatoms. The Labute approximate surface area is 95.0 Å². The Balaban J connectivity index is 2.28. The zero-order valence-corrected chi connectivity index (χ0v) is 9.68. The molecule has 0 N–H and O–H groups in total. The molecule has 0 aromatic heterocycles. The van der Waals surface area contributed by atoms with Crippen molar-refractivity contribution in [2.75, 3.05) is 12.5 Å². The van der Waals surface area contributed by atoms with Crippen LogP contribution >= 0.6 is 23.2 Å². The van der Waals surface area contributed by atoms with Gasteiger partial charge >= 0.3 is 0 Å². The monoisotopic (exact) mass is 232 g/mol. The average Bonchev–Trinajstić information content (AvgIpc) is 2.21. The summed E-state index contributed by atoms with van der Waals surface area (Å²) >= 11 is 11.4. The molecule has 0 aliphatic heterocycles. The van der Waals surface area contributed by atoms with E-state index in [0.717, 1.165) is 10.6 Å². The van der Waals surface area contributed by atoms with Crippen LogP contribution in [0.5, 0.6) is 0 Å². The summed E-state index contributed by atoms with van der Waals surface area (Å²) < 4.78 is 5.48. The topological polar surface area (TPSA) is 9.23 Å². The highest BCUT2D eigenvalue weighted by atomic mass is 35.5. The maximum absolute atomic E-state index is 5.76. The van der Waals surface area contributed by atoms with Gasteiger partial charge in [-0.05, 0) is 23.6 Å². The summed E-state index contributed by atoms with van der Waals surface area (Å²) in [4.78, 5) is 0. The molecule has 1 nitrogen and oxygen atoms in total. The van der Waals surface area contributed by atoms with Gasteiger partial charge in [-0.2, -0.15) is 0 Å². The van der Waals surface area contributed by atoms with Crippen molar-refractivity contribution in [3.63, 3.8) is 0 Å². The zero-order valence-electron chi connectivity index (χ0n) is 8.17. The standard InChI is InChI=1S/C11H14Cl2O/c1-9(6-12)7-14-8-10-2-4-11(13)5-3-10/h2-5,9H,6-8H2,1H3. The molecule has 1 aromatic rings. The van der Waals surface area contributed by atoms with E-state index in [1.54, 1.807) is 0 Å². The molecule has 0 aliphatic carbocycles. The fourth-order valence-electron chi connectivity index (χ4n) is 1.00. The van der Waals surface area contributed by atoms with E-state index in [9.17, 15) is 0 Å². The van der Waals surface area contributed by atoms with Gasteiger partial charge in [0.05, 0.1) is 13.2 Å².